The molecule has 5 rings (SSSR count). The van der Waals surface area contributed by atoms with Crippen LogP contribution in [-0.4, -0.2) is 30.3 Å². The van der Waals surface area contributed by atoms with E-state index >= 15 is 0 Å². The van der Waals surface area contributed by atoms with Gasteiger partial charge in [-0.2, -0.15) is 0 Å². The second-order valence-electron chi connectivity index (χ2n) is 7.95. The molecular formula is C26H19N3O5S. The number of carbonyl (C=O) groups is 2. The topological polar surface area (TPSA) is 125 Å². The van der Waals surface area contributed by atoms with Crippen molar-refractivity contribution in [2.45, 2.75) is 16.3 Å². The molecule has 0 atom stereocenters. The number of nitrogens with zero attached hydrogens (tertiary/aromatic N) is 1. The highest BCUT2D eigenvalue weighted by Gasteiger charge is 2.31. The number of anilines is 1. The molecule has 0 spiro atoms. The minimum Gasteiger partial charge on any atom is -0.493 e. The second-order valence-corrected chi connectivity index (χ2v) is 9.84. The third-order valence-corrected chi connectivity index (χ3v) is 7.56. The van der Waals surface area contributed by atoms with Crippen molar-refractivity contribution in [3.63, 3.8) is 0 Å². The lowest BCUT2D eigenvalue weighted by Gasteiger charge is -2.11. The maximum atomic E-state index is 13.1. The van der Waals surface area contributed by atoms with E-state index in [2.05, 4.69) is 15.6 Å². The number of aromatic nitrogens is 1. The monoisotopic (exact) mass is 485 g/mol. The van der Waals surface area contributed by atoms with Crippen LogP contribution >= 0.6 is 0 Å². The summed E-state index contributed by atoms with van der Waals surface area (Å²) in [4.78, 5) is 29.1. The average molecular weight is 486 g/mol. The summed E-state index contributed by atoms with van der Waals surface area (Å²) in [5, 5.41) is 14.7. The Morgan fingerprint density at radius 3 is 2.40 bits per heavy atom. The van der Waals surface area contributed by atoms with Crippen molar-refractivity contribution in [3.05, 3.63) is 102 Å². The Labute approximate surface area is 201 Å². The van der Waals surface area contributed by atoms with E-state index in [4.69, 9.17) is 0 Å². The summed E-state index contributed by atoms with van der Waals surface area (Å²) >= 11 is 0. The molecule has 0 saturated heterocycles. The van der Waals surface area contributed by atoms with Crippen LogP contribution in [0.2, 0.25) is 0 Å². The summed E-state index contributed by atoms with van der Waals surface area (Å²) in [6, 6.07) is 20.9. The SMILES string of the molecule is O=C(NCc1ccc(-c2ccc(O)nc2)cc1)c1ccc2c(c1)NC(=O)c1ccccc1S2(=O)=O. The molecule has 3 aromatic carbocycles. The molecule has 9 heteroatoms. The van der Waals surface area contributed by atoms with Gasteiger partial charge in [0.1, 0.15) is 0 Å². The number of aromatic hydroxyl groups is 1. The Kier molecular flexibility index (Phi) is 5.54. The number of amides is 2. The van der Waals surface area contributed by atoms with Crippen LogP contribution in [0.25, 0.3) is 11.1 Å². The number of rotatable bonds is 4. The first-order valence-electron chi connectivity index (χ1n) is 10.6. The number of carbonyl (C=O) groups excluding carboxylic acids is 2. The average Bonchev–Trinajstić information content (AvgIpc) is 2.95. The Morgan fingerprint density at radius 2 is 1.66 bits per heavy atom. The van der Waals surface area contributed by atoms with E-state index < -0.39 is 21.7 Å². The summed E-state index contributed by atoms with van der Waals surface area (Å²) < 4.78 is 26.2. The summed E-state index contributed by atoms with van der Waals surface area (Å²) in [6.07, 6.45) is 1.57. The maximum Gasteiger partial charge on any atom is 0.257 e. The number of hydrogen-bond donors (Lipinski definition) is 3. The molecule has 1 aliphatic heterocycles. The molecule has 3 N–H and O–H groups in total. The lowest BCUT2D eigenvalue weighted by molar-refractivity contribution is 0.0949. The van der Waals surface area contributed by atoms with Gasteiger partial charge in [0.2, 0.25) is 15.7 Å². The Hall–Kier alpha value is -4.50. The number of fused-ring (bicyclic) bond motifs is 2. The van der Waals surface area contributed by atoms with E-state index in [1.807, 2.05) is 24.3 Å². The molecule has 0 aliphatic carbocycles. The van der Waals surface area contributed by atoms with Gasteiger partial charge in [-0.05, 0) is 47.5 Å². The summed E-state index contributed by atoms with van der Waals surface area (Å²) in [7, 11) is -3.93. The van der Waals surface area contributed by atoms with E-state index in [0.29, 0.717) is 0 Å². The number of hydrogen-bond acceptors (Lipinski definition) is 6. The van der Waals surface area contributed by atoms with Gasteiger partial charge >= 0.3 is 0 Å². The van der Waals surface area contributed by atoms with E-state index in [1.54, 1.807) is 24.4 Å². The van der Waals surface area contributed by atoms with Gasteiger partial charge in [0.25, 0.3) is 11.8 Å². The fraction of sp³-hybridized carbons (Fsp3) is 0.0385. The van der Waals surface area contributed by atoms with Gasteiger partial charge < -0.3 is 15.7 Å². The van der Waals surface area contributed by atoms with Crippen LogP contribution in [0, 0.1) is 0 Å². The summed E-state index contributed by atoms with van der Waals surface area (Å²) in [5.74, 6) is -1.01. The van der Waals surface area contributed by atoms with E-state index in [9.17, 15) is 23.1 Å². The third kappa shape index (κ3) is 4.24. The largest absolute Gasteiger partial charge is 0.493 e. The molecule has 0 fully saturated rings. The molecule has 0 saturated carbocycles. The smallest absolute Gasteiger partial charge is 0.257 e. The number of pyridine rings is 1. The fourth-order valence-electron chi connectivity index (χ4n) is 3.86. The predicted molar refractivity (Wildman–Crippen MR) is 129 cm³/mol. The second kappa shape index (κ2) is 8.69. The van der Waals surface area contributed by atoms with Crippen molar-refractivity contribution < 1.29 is 23.1 Å². The van der Waals surface area contributed by atoms with Crippen LogP contribution in [0.1, 0.15) is 26.3 Å². The van der Waals surface area contributed by atoms with E-state index in [-0.39, 0.29) is 39.0 Å². The molecule has 0 bridgehead atoms. The van der Waals surface area contributed by atoms with Crippen LogP contribution in [0.4, 0.5) is 5.69 Å². The molecule has 174 valence electrons. The zero-order valence-corrected chi connectivity index (χ0v) is 19.0. The molecule has 1 aromatic heterocycles. The molecular weight excluding hydrogens is 466 g/mol. The van der Waals surface area contributed by atoms with Crippen molar-refractivity contribution in [3.8, 4) is 17.0 Å². The predicted octanol–water partition coefficient (Wildman–Crippen LogP) is 3.78. The first kappa shape index (κ1) is 22.3. The molecule has 35 heavy (non-hydrogen) atoms. The molecule has 2 amide bonds. The maximum absolute atomic E-state index is 13.1. The van der Waals surface area contributed by atoms with Gasteiger partial charge in [-0.1, -0.05) is 36.4 Å². The van der Waals surface area contributed by atoms with Gasteiger partial charge in [-0.15, -0.1) is 0 Å². The van der Waals surface area contributed by atoms with Gasteiger partial charge in [0, 0.05) is 29.9 Å². The van der Waals surface area contributed by atoms with Gasteiger partial charge in [-0.3, -0.25) is 9.59 Å². The van der Waals surface area contributed by atoms with Gasteiger partial charge in [0.05, 0.1) is 21.0 Å². The molecule has 8 nitrogen and oxygen atoms in total. The zero-order chi connectivity index (χ0) is 24.6. The van der Waals surface area contributed by atoms with E-state index in [1.165, 1.54) is 36.4 Å². The van der Waals surface area contributed by atoms with Crippen LogP contribution in [0.15, 0.2) is 94.9 Å². The molecule has 0 radical (unpaired) electrons. The standard InChI is InChI=1S/C26H19N3O5S/c30-24-12-10-19(15-27-24)17-7-5-16(6-8-17)14-28-25(31)18-9-11-23-21(13-18)29-26(32)20-3-1-2-4-22(20)35(23,33)34/h1-13,15H,14H2,(H,27,30)(H,28,31)(H,29,32). The van der Waals surface area contributed by atoms with Crippen LogP contribution in [0.5, 0.6) is 5.88 Å². The zero-order valence-electron chi connectivity index (χ0n) is 18.2. The minimum atomic E-state index is -3.93. The number of nitrogens with one attached hydrogen (secondary N) is 2. The molecule has 1 aliphatic rings. The summed E-state index contributed by atoms with van der Waals surface area (Å²) in [6.45, 7) is 0.250. The Bertz CT molecular complexity index is 1560. The Morgan fingerprint density at radius 1 is 0.914 bits per heavy atom. The van der Waals surface area contributed by atoms with Crippen molar-refractivity contribution >= 4 is 27.3 Å². The van der Waals surface area contributed by atoms with Crippen LogP contribution in [-0.2, 0) is 16.4 Å². The Balaban J connectivity index is 1.33. The van der Waals surface area contributed by atoms with Gasteiger partial charge in [-0.25, -0.2) is 13.4 Å². The minimum absolute atomic E-state index is 0.0485. The quantitative estimate of drug-likeness (QED) is 0.404. The fourth-order valence-corrected chi connectivity index (χ4v) is 5.45. The van der Waals surface area contributed by atoms with Crippen molar-refractivity contribution in [1.82, 2.24) is 10.3 Å². The molecule has 0 unspecified atom stereocenters. The molecule has 4 aromatic rings. The van der Waals surface area contributed by atoms with Crippen molar-refractivity contribution in [1.29, 1.82) is 0 Å². The highest BCUT2D eigenvalue weighted by Crippen LogP contribution is 2.34. The first-order valence-corrected chi connectivity index (χ1v) is 12.1. The highest BCUT2D eigenvalue weighted by molar-refractivity contribution is 7.91. The van der Waals surface area contributed by atoms with Crippen molar-refractivity contribution in [2.24, 2.45) is 0 Å². The highest BCUT2D eigenvalue weighted by atomic mass is 32.2. The van der Waals surface area contributed by atoms with Crippen LogP contribution in [0.3, 0.4) is 0 Å². The van der Waals surface area contributed by atoms with Crippen molar-refractivity contribution in [2.75, 3.05) is 5.32 Å². The summed E-state index contributed by atoms with van der Waals surface area (Å²) in [5.41, 5.74) is 2.96. The van der Waals surface area contributed by atoms with Crippen LogP contribution < -0.4 is 10.6 Å². The van der Waals surface area contributed by atoms with E-state index in [0.717, 1.165) is 16.7 Å². The number of benzene rings is 3. The first-order chi connectivity index (χ1) is 16.8. The lowest BCUT2D eigenvalue weighted by Crippen LogP contribution is -2.23. The molecule has 2 heterocycles. The normalized spacial score (nSPS) is 13.7. The number of sulfone groups is 1. The third-order valence-electron chi connectivity index (χ3n) is 5.69. The van der Waals surface area contributed by atoms with Gasteiger partial charge in [0.15, 0.2) is 0 Å². The lowest BCUT2D eigenvalue weighted by atomic mass is 10.1.